The smallest absolute Gasteiger partial charge is 0.325 e. The number of allylic oxidation sites excluding steroid dienone is 1. The minimum absolute atomic E-state index is 0.106. The van der Waals surface area contributed by atoms with E-state index in [4.69, 9.17) is 4.74 Å². The summed E-state index contributed by atoms with van der Waals surface area (Å²) in [7, 11) is 0. The molecule has 2 aliphatic rings. The van der Waals surface area contributed by atoms with Gasteiger partial charge in [0.05, 0.1) is 6.61 Å². The predicted octanol–water partition coefficient (Wildman–Crippen LogP) is 3.24. The number of hydrogen-bond acceptors (Lipinski definition) is 5. The Morgan fingerprint density at radius 3 is 2.92 bits per heavy atom. The maximum Gasteiger partial charge on any atom is 0.325 e. The first kappa shape index (κ1) is 17.2. The Morgan fingerprint density at radius 1 is 1.33 bits per heavy atom. The molecule has 128 valence electrons. The van der Waals surface area contributed by atoms with Crippen LogP contribution in [-0.2, 0) is 14.3 Å². The lowest BCUT2D eigenvalue weighted by Crippen LogP contribution is -2.39. The standard InChI is InChI=1S/C19H23NO3S/c1-2-11-23-19(22)18-16(9-10-20(18)24)17(21)12-14-8-7-13-5-3-4-6-15(13)14/h3-8,14,16,18,24H,2,9-12H2,1H3/t14?,16?,18-/m0/s1. The maximum absolute atomic E-state index is 12.8. The highest BCUT2D eigenvalue weighted by molar-refractivity contribution is 7.77. The molecule has 0 saturated carbocycles. The first-order valence-corrected chi connectivity index (χ1v) is 8.93. The van der Waals surface area contributed by atoms with Crippen molar-refractivity contribution >= 4 is 30.6 Å². The number of rotatable bonds is 6. The zero-order valence-electron chi connectivity index (χ0n) is 13.9. The Morgan fingerprint density at radius 2 is 2.12 bits per heavy atom. The van der Waals surface area contributed by atoms with Crippen LogP contribution >= 0.6 is 12.8 Å². The van der Waals surface area contributed by atoms with E-state index >= 15 is 0 Å². The van der Waals surface area contributed by atoms with E-state index in [1.807, 2.05) is 19.1 Å². The minimum atomic E-state index is -0.562. The van der Waals surface area contributed by atoms with Gasteiger partial charge in [-0.15, -0.1) is 0 Å². The minimum Gasteiger partial charge on any atom is -0.464 e. The summed E-state index contributed by atoms with van der Waals surface area (Å²) >= 11 is 4.36. The van der Waals surface area contributed by atoms with E-state index in [2.05, 4.69) is 37.1 Å². The molecule has 1 aromatic carbocycles. The number of esters is 1. The zero-order chi connectivity index (χ0) is 17.1. The van der Waals surface area contributed by atoms with Crippen LogP contribution < -0.4 is 0 Å². The molecule has 1 aliphatic heterocycles. The summed E-state index contributed by atoms with van der Waals surface area (Å²) in [5.74, 6) is -0.426. The van der Waals surface area contributed by atoms with E-state index in [0.717, 1.165) is 6.42 Å². The van der Waals surface area contributed by atoms with Crippen molar-refractivity contribution < 1.29 is 14.3 Å². The fourth-order valence-corrected chi connectivity index (χ4v) is 3.93. The normalized spacial score (nSPS) is 25.7. The van der Waals surface area contributed by atoms with Crippen LogP contribution in [0.3, 0.4) is 0 Å². The molecule has 1 aromatic rings. The van der Waals surface area contributed by atoms with Crippen molar-refractivity contribution in [2.75, 3.05) is 13.2 Å². The van der Waals surface area contributed by atoms with E-state index in [0.29, 0.717) is 26.0 Å². The molecular weight excluding hydrogens is 322 g/mol. The number of nitrogens with zero attached hydrogens (tertiary/aromatic N) is 1. The summed E-state index contributed by atoms with van der Waals surface area (Å²) in [5, 5.41) is 0. The van der Waals surface area contributed by atoms with Crippen LogP contribution in [0.15, 0.2) is 30.3 Å². The SMILES string of the molecule is CCCOC(=O)[C@@H]1C(C(=O)CC2C=Cc3ccccc32)CCN1S. The van der Waals surface area contributed by atoms with Gasteiger partial charge in [0.1, 0.15) is 11.8 Å². The average Bonchev–Trinajstić information content (AvgIpc) is 3.17. The van der Waals surface area contributed by atoms with E-state index in [1.54, 1.807) is 4.31 Å². The third-order valence-corrected chi connectivity index (χ3v) is 5.25. The van der Waals surface area contributed by atoms with E-state index in [-0.39, 0.29) is 23.6 Å². The average molecular weight is 345 g/mol. The molecule has 1 fully saturated rings. The first-order valence-electron chi connectivity index (χ1n) is 8.53. The second-order valence-electron chi connectivity index (χ2n) is 6.44. The van der Waals surface area contributed by atoms with Crippen molar-refractivity contribution in [2.45, 2.75) is 38.1 Å². The molecule has 1 heterocycles. The topological polar surface area (TPSA) is 46.6 Å². The third-order valence-electron chi connectivity index (χ3n) is 4.80. The summed E-state index contributed by atoms with van der Waals surface area (Å²) in [6.45, 7) is 2.96. The monoisotopic (exact) mass is 345 g/mol. The Bertz CT molecular complexity index is 658. The summed E-state index contributed by atoms with van der Waals surface area (Å²) in [4.78, 5) is 25.1. The number of ketones is 1. The van der Waals surface area contributed by atoms with Gasteiger partial charge in [-0.05, 0) is 24.0 Å². The molecule has 0 aromatic heterocycles. The summed E-state index contributed by atoms with van der Waals surface area (Å²) < 4.78 is 6.91. The van der Waals surface area contributed by atoms with E-state index < -0.39 is 6.04 Å². The van der Waals surface area contributed by atoms with Crippen LogP contribution in [0.25, 0.3) is 6.08 Å². The van der Waals surface area contributed by atoms with E-state index in [1.165, 1.54) is 11.1 Å². The lowest BCUT2D eigenvalue weighted by atomic mass is 9.87. The van der Waals surface area contributed by atoms with Gasteiger partial charge in [-0.1, -0.05) is 56.2 Å². The number of fused-ring (bicyclic) bond motifs is 1. The van der Waals surface area contributed by atoms with Crippen molar-refractivity contribution in [3.05, 3.63) is 41.5 Å². The number of carbonyl (C=O) groups is 2. The predicted molar refractivity (Wildman–Crippen MR) is 96.7 cm³/mol. The second kappa shape index (κ2) is 7.53. The molecule has 3 rings (SSSR count). The maximum atomic E-state index is 12.8. The molecule has 0 spiro atoms. The summed E-state index contributed by atoms with van der Waals surface area (Å²) in [6, 6.07) is 7.57. The van der Waals surface area contributed by atoms with Gasteiger partial charge >= 0.3 is 5.97 Å². The highest BCUT2D eigenvalue weighted by atomic mass is 32.1. The molecule has 24 heavy (non-hydrogen) atoms. The third kappa shape index (κ3) is 3.42. The fraction of sp³-hybridized carbons (Fsp3) is 0.474. The fourth-order valence-electron chi connectivity index (χ4n) is 3.56. The number of hydrogen-bond donors (Lipinski definition) is 1. The van der Waals surface area contributed by atoms with Gasteiger partial charge in [0.2, 0.25) is 0 Å². The van der Waals surface area contributed by atoms with Gasteiger partial charge in [-0.2, -0.15) is 0 Å². The largest absolute Gasteiger partial charge is 0.464 e. The molecule has 0 radical (unpaired) electrons. The highest BCUT2D eigenvalue weighted by Crippen LogP contribution is 2.36. The molecule has 4 nitrogen and oxygen atoms in total. The van der Waals surface area contributed by atoms with Crippen molar-refractivity contribution in [1.29, 1.82) is 0 Å². The van der Waals surface area contributed by atoms with Crippen LogP contribution in [0.4, 0.5) is 0 Å². The van der Waals surface area contributed by atoms with Gasteiger partial charge in [0, 0.05) is 24.8 Å². The van der Waals surface area contributed by atoms with Crippen molar-refractivity contribution in [1.82, 2.24) is 4.31 Å². The van der Waals surface area contributed by atoms with Gasteiger partial charge in [0.15, 0.2) is 0 Å². The number of carbonyl (C=O) groups excluding carboxylic acids is 2. The number of Topliss-reactive ketones (excluding diaryl/α,β-unsaturated/α-hetero) is 1. The van der Waals surface area contributed by atoms with Crippen LogP contribution in [0.2, 0.25) is 0 Å². The number of benzene rings is 1. The molecule has 0 N–H and O–H groups in total. The molecule has 0 amide bonds. The molecular formula is C19H23NO3S. The number of thiol groups is 1. The van der Waals surface area contributed by atoms with Gasteiger partial charge < -0.3 is 4.74 Å². The molecule has 2 unspecified atom stereocenters. The van der Waals surface area contributed by atoms with Crippen LogP contribution in [0.5, 0.6) is 0 Å². The van der Waals surface area contributed by atoms with Crippen LogP contribution in [0, 0.1) is 5.92 Å². The Hall–Kier alpha value is -1.59. The summed E-state index contributed by atoms with van der Waals surface area (Å²) in [5.41, 5.74) is 2.37. The first-order chi connectivity index (χ1) is 11.6. The zero-order valence-corrected chi connectivity index (χ0v) is 14.7. The van der Waals surface area contributed by atoms with Crippen LogP contribution in [-0.4, -0.2) is 35.3 Å². The summed E-state index contributed by atoms with van der Waals surface area (Å²) in [6.07, 6.45) is 6.01. The second-order valence-corrected chi connectivity index (χ2v) is 6.95. The highest BCUT2D eigenvalue weighted by Gasteiger charge is 2.43. The van der Waals surface area contributed by atoms with Gasteiger partial charge in [-0.3, -0.25) is 9.59 Å². The Kier molecular flexibility index (Phi) is 5.41. The van der Waals surface area contributed by atoms with E-state index in [9.17, 15) is 9.59 Å². The van der Waals surface area contributed by atoms with Crippen molar-refractivity contribution in [3.8, 4) is 0 Å². The Labute approximate surface area is 148 Å². The molecule has 3 atom stereocenters. The lowest BCUT2D eigenvalue weighted by Gasteiger charge is -2.22. The van der Waals surface area contributed by atoms with Gasteiger partial charge in [-0.25, -0.2) is 4.31 Å². The molecule has 1 aliphatic carbocycles. The molecule has 5 heteroatoms. The van der Waals surface area contributed by atoms with Crippen LogP contribution in [0.1, 0.15) is 43.2 Å². The Balaban J connectivity index is 1.68. The number of ether oxygens (including phenoxy) is 1. The van der Waals surface area contributed by atoms with Crippen molar-refractivity contribution in [2.24, 2.45) is 5.92 Å². The lowest BCUT2D eigenvalue weighted by molar-refractivity contribution is -0.150. The molecule has 1 saturated heterocycles. The quantitative estimate of drug-likeness (QED) is 0.635. The van der Waals surface area contributed by atoms with Gasteiger partial charge in [0.25, 0.3) is 0 Å². The molecule has 0 bridgehead atoms. The van der Waals surface area contributed by atoms with Crippen molar-refractivity contribution in [3.63, 3.8) is 0 Å².